The highest BCUT2D eigenvalue weighted by Gasteiger charge is 2.53. The van der Waals surface area contributed by atoms with Gasteiger partial charge < -0.3 is 40.0 Å². The van der Waals surface area contributed by atoms with Gasteiger partial charge in [-0.3, -0.25) is 18.9 Å². The van der Waals surface area contributed by atoms with Crippen LogP contribution in [0, 0.1) is 0 Å². The number of phosphoric ester groups is 1. The molecule has 26 heteroatoms. The topological polar surface area (TPSA) is 325 Å². The van der Waals surface area contributed by atoms with Crippen LogP contribution in [0.5, 0.6) is 0 Å². The Morgan fingerprint density at radius 3 is 2.69 bits per heavy atom. The predicted molar refractivity (Wildman–Crippen MR) is 139 cm³/mol. The molecule has 1 unspecified atom stereocenters. The average Bonchev–Trinajstić information content (AvgIpc) is 3.72. The monoisotopic (exact) mass is 675 g/mol. The van der Waals surface area contributed by atoms with Crippen LogP contribution in [0.3, 0.4) is 0 Å². The van der Waals surface area contributed by atoms with Gasteiger partial charge in [0, 0.05) is 6.54 Å². The van der Waals surface area contributed by atoms with Gasteiger partial charge in [-0.1, -0.05) is 5.21 Å². The highest BCUT2D eigenvalue weighted by atomic mass is 32.2. The molecule has 9 atom stereocenters. The van der Waals surface area contributed by atoms with Crippen molar-refractivity contribution in [2.24, 2.45) is 0 Å². The second-order valence-electron chi connectivity index (χ2n) is 9.98. The summed E-state index contributed by atoms with van der Waals surface area (Å²) in [4.78, 5) is 43.0. The number of hydrogen-bond acceptors (Lipinski definition) is 19. The minimum Gasteiger partial charge on any atom is -0.756 e. The second kappa shape index (κ2) is 10.6. The van der Waals surface area contributed by atoms with E-state index in [2.05, 4.69) is 35.2 Å². The molecule has 0 saturated carbocycles. The Balaban J connectivity index is 1.17. The lowest BCUT2D eigenvalue weighted by atomic mass is 10.1. The van der Waals surface area contributed by atoms with E-state index < -0.39 is 86.0 Å². The van der Waals surface area contributed by atoms with Crippen LogP contribution in [0.4, 0.5) is 16.2 Å². The number of H-pyrrole nitrogens is 1. The third-order valence-corrected chi connectivity index (χ3v) is 9.14. The Bertz CT molecular complexity index is 2010. The highest BCUT2D eigenvalue weighted by molar-refractivity contribution is 7.84. The number of fused-ring (bicyclic) bond motifs is 4. The van der Waals surface area contributed by atoms with E-state index in [1.54, 1.807) is 0 Å². The summed E-state index contributed by atoms with van der Waals surface area (Å²) in [6, 6.07) is 0. The van der Waals surface area contributed by atoms with Crippen molar-refractivity contribution in [3.63, 3.8) is 0 Å². The largest absolute Gasteiger partial charge is 0.756 e. The van der Waals surface area contributed by atoms with Crippen LogP contribution in [-0.2, 0) is 37.6 Å². The first-order valence-corrected chi connectivity index (χ1v) is 15.7. The van der Waals surface area contributed by atoms with Crippen LogP contribution in [0.2, 0.25) is 0 Å². The lowest BCUT2D eigenvalue weighted by molar-refractivity contribution is -0.236. The summed E-state index contributed by atoms with van der Waals surface area (Å²) >= 11 is 0. The maximum absolute atomic E-state index is 15.8. The molecule has 7 N–H and O–H groups in total. The summed E-state index contributed by atoms with van der Waals surface area (Å²) in [7, 11) is -10.2. The maximum Gasteiger partial charge on any atom is 0.336 e. The molecule has 0 spiro atoms. The molecule has 3 saturated heterocycles. The lowest BCUT2D eigenvalue weighted by Gasteiger charge is -2.31. The third-order valence-electron chi connectivity index (χ3n) is 7.18. The van der Waals surface area contributed by atoms with Crippen molar-refractivity contribution in [1.29, 1.82) is 0 Å². The van der Waals surface area contributed by atoms with Crippen molar-refractivity contribution in [2.75, 3.05) is 24.6 Å². The summed E-state index contributed by atoms with van der Waals surface area (Å²) in [6.07, 6.45) is -11.9. The van der Waals surface area contributed by atoms with Crippen LogP contribution in [0.15, 0.2) is 17.4 Å². The molecule has 242 valence electrons. The van der Waals surface area contributed by atoms with Crippen molar-refractivity contribution >= 4 is 52.2 Å². The van der Waals surface area contributed by atoms with E-state index in [-0.39, 0.29) is 34.1 Å². The van der Waals surface area contributed by atoms with Crippen LogP contribution in [-0.4, -0.2) is 108 Å². The number of aromatic nitrogens is 9. The zero-order valence-corrected chi connectivity index (χ0v) is 23.9. The van der Waals surface area contributed by atoms with Crippen LogP contribution < -0.4 is 26.6 Å². The summed E-state index contributed by atoms with van der Waals surface area (Å²) in [5.74, 6) is -0.342. The van der Waals surface area contributed by atoms with Crippen LogP contribution >= 0.6 is 7.82 Å². The van der Waals surface area contributed by atoms with E-state index in [1.165, 1.54) is 10.9 Å². The average molecular weight is 675 g/mol. The van der Waals surface area contributed by atoms with E-state index >= 15 is 4.39 Å². The summed E-state index contributed by atoms with van der Waals surface area (Å²) < 4.78 is 85.1. The smallest absolute Gasteiger partial charge is 0.336 e. The quantitative estimate of drug-likeness (QED) is 0.127. The van der Waals surface area contributed by atoms with Gasteiger partial charge >= 0.3 is 10.3 Å². The number of nitrogens with one attached hydrogen (secondary N) is 2. The Kier molecular flexibility index (Phi) is 7.08. The molecule has 3 aliphatic rings. The molecular weight excluding hydrogens is 654 g/mol. The zero-order chi connectivity index (χ0) is 31.8. The van der Waals surface area contributed by atoms with Gasteiger partial charge in [0.15, 0.2) is 41.3 Å². The molecule has 23 nitrogen and oxygen atoms in total. The number of ether oxygens (including phenoxy) is 2. The molecule has 0 amide bonds. The second-order valence-corrected chi connectivity index (χ2v) is 12.7. The number of nitrogens with zero attached hydrogens (tertiary/aromatic N) is 8. The molecule has 3 fully saturated rings. The van der Waals surface area contributed by atoms with Crippen molar-refractivity contribution in [3.05, 3.63) is 23.0 Å². The minimum atomic E-state index is -5.34. The first-order chi connectivity index (χ1) is 21.3. The number of phosphoric acid groups is 1. The van der Waals surface area contributed by atoms with Gasteiger partial charge in [0.1, 0.15) is 42.4 Å². The minimum absolute atomic E-state index is 0.0172. The Hall–Kier alpha value is -3.78. The van der Waals surface area contributed by atoms with E-state index in [9.17, 15) is 27.8 Å². The van der Waals surface area contributed by atoms with Crippen LogP contribution in [0.1, 0.15) is 12.5 Å². The normalized spacial score (nSPS) is 35.5. The number of halogens is 1. The number of aliphatic hydroxyl groups is 1. The molecule has 3 aliphatic heterocycles. The number of imidazole rings is 1. The number of nitrogen functional groups attached to an aromatic ring is 2. The standard InChI is InChI=1S/C19H22FN12O11PS/c20-7-11-6(41-17(7)32-15-9(29-30-32)16(34)28-19(22)27-15)2-39-44(35,36)42-12-5(1-26-45(37,38)43-11)40-18(10(12)33)31-4-25-8-13(21)23-3-24-14(8)31/h3-7,10-12,17-18,26,33H,1-2H2,(H,35,36)(H2,21,23,24)(H3,22,27,28,34)/p-1/t5-,6-,7-,10-,11-,12-,17-,18-/m1/s1. The van der Waals surface area contributed by atoms with Gasteiger partial charge in [-0.15, -0.1) is 5.10 Å². The molecule has 0 aliphatic carbocycles. The number of rotatable bonds is 2. The molecule has 0 radical (unpaired) electrons. The first-order valence-electron chi connectivity index (χ1n) is 12.8. The molecule has 0 bridgehead atoms. The molecule has 4 aromatic heterocycles. The van der Waals surface area contributed by atoms with E-state index in [4.69, 9.17) is 34.2 Å². The van der Waals surface area contributed by atoms with Gasteiger partial charge in [-0.25, -0.2) is 23.5 Å². The van der Waals surface area contributed by atoms with Crippen molar-refractivity contribution in [3.8, 4) is 0 Å². The summed E-state index contributed by atoms with van der Waals surface area (Å²) in [5.41, 5.74) is 10.2. The van der Waals surface area contributed by atoms with E-state index in [0.29, 0.717) is 0 Å². The molecular formula is C19H21FN12O11PS-. The maximum atomic E-state index is 15.8. The van der Waals surface area contributed by atoms with Gasteiger partial charge in [-0.2, -0.15) is 22.8 Å². The van der Waals surface area contributed by atoms with E-state index in [1.807, 2.05) is 4.72 Å². The molecule has 7 rings (SSSR count). The van der Waals surface area contributed by atoms with Gasteiger partial charge in [0.25, 0.3) is 13.4 Å². The zero-order valence-electron chi connectivity index (χ0n) is 22.2. The molecule has 7 heterocycles. The first kappa shape index (κ1) is 29.9. The molecule has 45 heavy (non-hydrogen) atoms. The number of aromatic amines is 1. The van der Waals surface area contributed by atoms with Gasteiger partial charge in [0.2, 0.25) is 5.95 Å². The number of anilines is 2. The Morgan fingerprint density at radius 2 is 1.89 bits per heavy atom. The van der Waals surface area contributed by atoms with Gasteiger partial charge in [-0.05, 0) is 0 Å². The number of nitrogens with two attached hydrogens (primary N) is 2. The molecule has 0 aromatic carbocycles. The van der Waals surface area contributed by atoms with Crippen molar-refractivity contribution in [2.45, 2.75) is 49.1 Å². The lowest BCUT2D eigenvalue weighted by Crippen LogP contribution is -2.46. The van der Waals surface area contributed by atoms with Crippen molar-refractivity contribution in [1.82, 2.24) is 49.2 Å². The number of alkyl halides is 1. The Morgan fingerprint density at radius 1 is 1.11 bits per heavy atom. The molecule has 4 aromatic rings. The van der Waals surface area contributed by atoms with Crippen LogP contribution in [0.25, 0.3) is 22.3 Å². The van der Waals surface area contributed by atoms with Crippen molar-refractivity contribution < 1.29 is 50.1 Å². The fraction of sp³-hybridized carbons (Fsp3) is 0.526. The summed E-state index contributed by atoms with van der Waals surface area (Å²) in [6.45, 7) is -1.73. The predicted octanol–water partition coefficient (Wildman–Crippen LogP) is -3.88. The third kappa shape index (κ3) is 5.21. The highest BCUT2D eigenvalue weighted by Crippen LogP contribution is 2.47. The number of aliphatic hydroxyl groups excluding tert-OH is 1. The van der Waals surface area contributed by atoms with Gasteiger partial charge in [0.05, 0.1) is 12.9 Å². The van der Waals surface area contributed by atoms with E-state index in [0.717, 1.165) is 11.0 Å². The SMILES string of the molecule is Nc1nc2c(nnn2[C@@H]2O[C@@H]3COP(=O)([O-])O[C@H]4[C@@H](O)[C@H](n5cnc6c(N)ncnc65)O[C@@H]4CNS(=O)(=O)O[C@H]3[C@H]2F)c(=O)[nH]1. The Labute approximate surface area is 248 Å². The number of hydrogen-bond donors (Lipinski definition) is 5. The fourth-order valence-corrected chi connectivity index (χ4v) is 7.09. The summed E-state index contributed by atoms with van der Waals surface area (Å²) in [5, 5.41) is 18.4. The fourth-order valence-electron chi connectivity index (χ4n) is 5.18.